The van der Waals surface area contributed by atoms with E-state index >= 15 is 0 Å². The number of amides is 1. The Labute approximate surface area is 146 Å². The second-order valence-electron chi connectivity index (χ2n) is 5.99. The molecule has 0 spiro atoms. The molecule has 0 bridgehead atoms. The number of anilines is 1. The number of hydrogen-bond donors (Lipinski definition) is 0. The molecule has 1 fully saturated rings. The van der Waals surface area contributed by atoms with Crippen molar-refractivity contribution >= 4 is 23.2 Å². The van der Waals surface area contributed by atoms with Crippen LogP contribution in [0.4, 0.5) is 5.69 Å². The Balaban J connectivity index is 1.76. The molecule has 1 aromatic heterocycles. The zero-order valence-corrected chi connectivity index (χ0v) is 14.8. The molecule has 2 atom stereocenters. The van der Waals surface area contributed by atoms with Crippen LogP contribution in [0, 0.1) is 0 Å². The molecule has 24 heavy (non-hydrogen) atoms. The van der Waals surface area contributed by atoms with Crippen LogP contribution in [0.15, 0.2) is 28.8 Å². The highest BCUT2D eigenvalue weighted by Gasteiger charge is 2.38. The van der Waals surface area contributed by atoms with Crippen LogP contribution in [-0.4, -0.2) is 40.6 Å². The summed E-state index contributed by atoms with van der Waals surface area (Å²) < 4.78 is 5.32. The van der Waals surface area contributed by atoms with Crippen molar-refractivity contribution in [2.45, 2.75) is 38.8 Å². The molecule has 128 valence electrons. The number of aryl methyl sites for hydroxylation is 1. The van der Waals surface area contributed by atoms with E-state index in [1.807, 2.05) is 44.0 Å². The molecular formula is C17H21ClN4O2. The minimum absolute atomic E-state index is 0.0488. The van der Waals surface area contributed by atoms with E-state index in [0.29, 0.717) is 23.3 Å². The highest BCUT2D eigenvalue weighted by atomic mass is 35.5. The van der Waals surface area contributed by atoms with Gasteiger partial charge in [0.25, 0.3) is 0 Å². The highest BCUT2D eigenvalue weighted by molar-refractivity contribution is 6.33. The van der Waals surface area contributed by atoms with Gasteiger partial charge in [-0.25, -0.2) is 0 Å². The normalized spacial score (nSPS) is 19.3. The summed E-state index contributed by atoms with van der Waals surface area (Å²) >= 11 is 6.23. The molecular weight excluding hydrogens is 328 g/mol. The summed E-state index contributed by atoms with van der Waals surface area (Å²) in [5.74, 6) is 1.27. The van der Waals surface area contributed by atoms with E-state index in [1.54, 1.807) is 11.0 Å². The van der Waals surface area contributed by atoms with Gasteiger partial charge in [-0.05, 0) is 32.5 Å². The van der Waals surface area contributed by atoms with Crippen molar-refractivity contribution in [3.05, 3.63) is 41.0 Å². The van der Waals surface area contributed by atoms with Crippen LogP contribution in [0.2, 0.25) is 5.02 Å². The molecule has 0 radical (unpaired) electrons. The first-order valence-electron chi connectivity index (χ1n) is 8.13. The average Bonchev–Trinajstić information content (AvgIpc) is 3.21. The molecule has 0 N–H and O–H groups in total. The van der Waals surface area contributed by atoms with Gasteiger partial charge in [0.1, 0.15) is 0 Å². The van der Waals surface area contributed by atoms with Crippen molar-refractivity contribution in [3.63, 3.8) is 0 Å². The molecule has 1 aromatic carbocycles. The zero-order chi connectivity index (χ0) is 17.3. The largest absolute Gasteiger partial charge is 0.338 e. The standard InChI is InChI=1S/C17H21ClN4O2/c1-4-15-19-16(24-20-15)11(2)21(3)14-9-10-22(17(14)23)13-8-6-5-7-12(13)18/h5-8,11,14H,4,9-10H2,1-3H3. The van der Waals surface area contributed by atoms with Crippen molar-refractivity contribution in [1.29, 1.82) is 0 Å². The first-order chi connectivity index (χ1) is 11.5. The molecule has 1 aliphatic heterocycles. The molecule has 1 aliphatic rings. The van der Waals surface area contributed by atoms with Gasteiger partial charge in [-0.2, -0.15) is 4.98 Å². The van der Waals surface area contributed by atoms with Crippen molar-refractivity contribution < 1.29 is 9.32 Å². The molecule has 7 heteroatoms. The molecule has 2 aromatic rings. The number of rotatable bonds is 5. The van der Waals surface area contributed by atoms with Gasteiger partial charge in [0.05, 0.1) is 22.8 Å². The predicted molar refractivity (Wildman–Crippen MR) is 92.1 cm³/mol. The van der Waals surface area contributed by atoms with Crippen LogP contribution in [-0.2, 0) is 11.2 Å². The minimum atomic E-state index is -0.228. The summed E-state index contributed by atoms with van der Waals surface area (Å²) in [5, 5.41) is 4.52. The molecule has 0 saturated carbocycles. The second-order valence-corrected chi connectivity index (χ2v) is 6.40. The molecule has 1 saturated heterocycles. The van der Waals surface area contributed by atoms with Crippen LogP contribution in [0.5, 0.6) is 0 Å². The third kappa shape index (κ3) is 3.03. The Bertz CT molecular complexity index is 733. The van der Waals surface area contributed by atoms with E-state index in [9.17, 15) is 4.79 Å². The van der Waals surface area contributed by atoms with Crippen LogP contribution in [0.3, 0.4) is 0 Å². The summed E-state index contributed by atoms with van der Waals surface area (Å²) in [6, 6.07) is 7.07. The maximum atomic E-state index is 12.9. The summed E-state index contributed by atoms with van der Waals surface area (Å²) in [4.78, 5) is 21.0. The number of aromatic nitrogens is 2. The molecule has 1 amide bonds. The lowest BCUT2D eigenvalue weighted by Crippen LogP contribution is -2.41. The number of halogens is 1. The fourth-order valence-electron chi connectivity index (χ4n) is 2.98. The van der Waals surface area contributed by atoms with Crippen LogP contribution in [0.25, 0.3) is 0 Å². The van der Waals surface area contributed by atoms with E-state index in [1.165, 1.54) is 0 Å². The zero-order valence-electron chi connectivity index (χ0n) is 14.1. The van der Waals surface area contributed by atoms with Crippen molar-refractivity contribution in [1.82, 2.24) is 15.0 Å². The number of benzene rings is 1. The maximum absolute atomic E-state index is 12.9. The third-order valence-corrected chi connectivity index (χ3v) is 4.90. The summed E-state index contributed by atoms with van der Waals surface area (Å²) in [6.45, 7) is 4.59. The fraction of sp³-hybridized carbons (Fsp3) is 0.471. The van der Waals surface area contributed by atoms with E-state index < -0.39 is 0 Å². The first kappa shape index (κ1) is 16.9. The van der Waals surface area contributed by atoms with Gasteiger partial charge in [0, 0.05) is 13.0 Å². The van der Waals surface area contributed by atoms with Crippen LogP contribution >= 0.6 is 11.6 Å². The Morgan fingerprint density at radius 2 is 2.21 bits per heavy atom. The van der Waals surface area contributed by atoms with Crippen LogP contribution in [0.1, 0.15) is 38.0 Å². The Hall–Kier alpha value is -1.92. The number of carbonyl (C=O) groups is 1. The molecule has 3 rings (SSSR count). The van der Waals surface area contributed by atoms with Crippen molar-refractivity contribution in [2.24, 2.45) is 0 Å². The minimum Gasteiger partial charge on any atom is -0.338 e. The molecule has 2 unspecified atom stereocenters. The predicted octanol–water partition coefficient (Wildman–Crippen LogP) is 3.08. The van der Waals surface area contributed by atoms with Gasteiger partial charge in [-0.3, -0.25) is 9.69 Å². The van der Waals surface area contributed by atoms with Gasteiger partial charge >= 0.3 is 0 Å². The molecule has 6 nitrogen and oxygen atoms in total. The number of nitrogens with zero attached hydrogens (tertiary/aromatic N) is 4. The molecule has 0 aliphatic carbocycles. The quantitative estimate of drug-likeness (QED) is 0.830. The Morgan fingerprint density at radius 3 is 2.88 bits per heavy atom. The Kier molecular flexibility index (Phi) is 4.87. The van der Waals surface area contributed by atoms with E-state index in [0.717, 1.165) is 18.5 Å². The topological polar surface area (TPSA) is 62.5 Å². The maximum Gasteiger partial charge on any atom is 0.244 e. The number of para-hydroxylation sites is 1. The molecule has 2 heterocycles. The smallest absolute Gasteiger partial charge is 0.244 e. The highest BCUT2D eigenvalue weighted by Crippen LogP contribution is 2.32. The second kappa shape index (κ2) is 6.91. The van der Waals surface area contributed by atoms with E-state index in [4.69, 9.17) is 16.1 Å². The number of likely N-dealkylation sites (N-methyl/N-ethyl adjacent to an activating group) is 1. The van der Waals surface area contributed by atoms with Gasteiger partial charge in [0.15, 0.2) is 5.82 Å². The first-order valence-corrected chi connectivity index (χ1v) is 8.51. The van der Waals surface area contributed by atoms with Gasteiger partial charge in [-0.1, -0.05) is 35.8 Å². The number of hydrogen-bond acceptors (Lipinski definition) is 5. The van der Waals surface area contributed by atoms with Crippen molar-refractivity contribution in [2.75, 3.05) is 18.5 Å². The van der Waals surface area contributed by atoms with Crippen LogP contribution < -0.4 is 4.90 Å². The lowest BCUT2D eigenvalue weighted by atomic mass is 10.1. The third-order valence-electron chi connectivity index (χ3n) is 4.58. The SMILES string of the molecule is CCc1noc(C(C)N(C)C2CCN(c3ccccc3Cl)C2=O)n1. The fourth-order valence-corrected chi connectivity index (χ4v) is 3.22. The van der Waals surface area contributed by atoms with E-state index in [-0.39, 0.29) is 18.0 Å². The van der Waals surface area contributed by atoms with Gasteiger partial charge in [-0.15, -0.1) is 0 Å². The summed E-state index contributed by atoms with van der Waals surface area (Å²) in [6.07, 6.45) is 1.46. The lowest BCUT2D eigenvalue weighted by Gasteiger charge is -2.27. The monoisotopic (exact) mass is 348 g/mol. The summed E-state index contributed by atoms with van der Waals surface area (Å²) in [5.41, 5.74) is 0.763. The van der Waals surface area contributed by atoms with Gasteiger partial charge in [0.2, 0.25) is 11.8 Å². The van der Waals surface area contributed by atoms with E-state index in [2.05, 4.69) is 10.1 Å². The Morgan fingerprint density at radius 1 is 1.46 bits per heavy atom. The van der Waals surface area contributed by atoms with Gasteiger partial charge < -0.3 is 9.42 Å². The van der Waals surface area contributed by atoms with Crippen molar-refractivity contribution in [3.8, 4) is 0 Å². The summed E-state index contributed by atoms with van der Waals surface area (Å²) in [7, 11) is 1.92. The average molecular weight is 349 g/mol. The number of carbonyl (C=O) groups excluding carboxylic acids is 1. The lowest BCUT2D eigenvalue weighted by molar-refractivity contribution is -0.122.